The van der Waals surface area contributed by atoms with Crippen LogP contribution in [-0.4, -0.2) is 13.7 Å². The Morgan fingerprint density at radius 2 is 2.10 bits per heavy atom. The molecule has 0 fully saturated rings. The molecule has 2 nitrogen and oxygen atoms in total. The minimum absolute atomic E-state index is 0.483. The number of hydrogen-bond acceptors (Lipinski definition) is 2. The highest BCUT2D eigenvalue weighted by molar-refractivity contribution is 5.51. The summed E-state index contributed by atoms with van der Waals surface area (Å²) in [6.45, 7) is 10.1. The Kier molecular flexibility index (Phi) is 5.09. The van der Waals surface area contributed by atoms with E-state index in [4.69, 9.17) is 4.74 Å². The molecular formula is C18H29NO. The van der Waals surface area contributed by atoms with Crippen LogP contribution in [0.2, 0.25) is 0 Å². The smallest absolute Gasteiger partial charge is 0.125 e. The van der Waals surface area contributed by atoms with Gasteiger partial charge in [0, 0.05) is 6.04 Å². The molecule has 1 aliphatic rings. The fourth-order valence-corrected chi connectivity index (χ4v) is 3.61. The lowest BCUT2D eigenvalue weighted by atomic mass is 9.90. The minimum atomic E-state index is 0.483. The summed E-state index contributed by atoms with van der Waals surface area (Å²) in [5, 5.41) is 3.75. The summed E-state index contributed by atoms with van der Waals surface area (Å²) < 4.78 is 5.63. The van der Waals surface area contributed by atoms with Gasteiger partial charge in [0.15, 0.2) is 0 Å². The van der Waals surface area contributed by atoms with Gasteiger partial charge in [-0.1, -0.05) is 19.9 Å². The highest BCUT2D eigenvalue weighted by Crippen LogP contribution is 2.39. The van der Waals surface area contributed by atoms with Gasteiger partial charge in [-0.2, -0.15) is 0 Å². The number of aryl methyl sites for hydroxylation is 2. The quantitative estimate of drug-likeness (QED) is 0.826. The zero-order chi connectivity index (χ0) is 14.7. The first kappa shape index (κ1) is 15.4. The fraction of sp³-hybridized carbons (Fsp3) is 0.667. The van der Waals surface area contributed by atoms with Crippen molar-refractivity contribution in [2.24, 2.45) is 5.92 Å². The van der Waals surface area contributed by atoms with Gasteiger partial charge in [-0.25, -0.2) is 0 Å². The van der Waals surface area contributed by atoms with Crippen molar-refractivity contribution in [2.45, 2.75) is 59.4 Å². The molecule has 0 amide bonds. The van der Waals surface area contributed by atoms with Gasteiger partial charge in [0.1, 0.15) is 5.75 Å². The first-order valence-electron chi connectivity index (χ1n) is 7.98. The van der Waals surface area contributed by atoms with E-state index in [1.54, 1.807) is 7.11 Å². The van der Waals surface area contributed by atoms with Crippen molar-refractivity contribution >= 4 is 0 Å². The van der Waals surface area contributed by atoms with Crippen LogP contribution in [0.5, 0.6) is 5.75 Å². The summed E-state index contributed by atoms with van der Waals surface area (Å²) in [6.07, 6.45) is 4.91. The maximum absolute atomic E-state index is 5.63. The first-order chi connectivity index (χ1) is 9.58. The Bertz CT molecular complexity index is 467. The van der Waals surface area contributed by atoms with E-state index in [0.29, 0.717) is 6.04 Å². The molecule has 0 saturated heterocycles. The second-order valence-corrected chi connectivity index (χ2v) is 6.31. The molecule has 20 heavy (non-hydrogen) atoms. The standard InChI is InChI=1S/C18H29NO/c1-6-9-19-16-10-12(2)7-8-15-11-13(3)18(20-5)14(4)17(15)16/h11-12,16,19H,6-10H2,1-5H3. The van der Waals surface area contributed by atoms with E-state index in [0.717, 1.165) is 18.2 Å². The maximum atomic E-state index is 5.63. The molecule has 1 aromatic carbocycles. The van der Waals surface area contributed by atoms with E-state index in [9.17, 15) is 0 Å². The molecule has 0 saturated carbocycles. The molecule has 1 aliphatic carbocycles. The Hall–Kier alpha value is -1.02. The van der Waals surface area contributed by atoms with Gasteiger partial charge in [0.05, 0.1) is 7.11 Å². The molecule has 0 aromatic heterocycles. The van der Waals surface area contributed by atoms with Crippen LogP contribution in [0.15, 0.2) is 6.07 Å². The van der Waals surface area contributed by atoms with Crippen LogP contribution < -0.4 is 10.1 Å². The highest BCUT2D eigenvalue weighted by atomic mass is 16.5. The molecule has 2 unspecified atom stereocenters. The van der Waals surface area contributed by atoms with Gasteiger partial charge in [-0.3, -0.25) is 0 Å². The van der Waals surface area contributed by atoms with Gasteiger partial charge in [0.2, 0.25) is 0 Å². The lowest BCUT2D eigenvalue weighted by Crippen LogP contribution is -2.24. The number of hydrogen-bond donors (Lipinski definition) is 1. The zero-order valence-corrected chi connectivity index (χ0v) is 13.7. The Labute approximate surface area is 123 Å². The van der Waals surface area contributed by atoms with Crippen LogP contribution in [0.4, 0.5) is 0 Å². The third-order valence-electron chi connectivity index (χ3n) is 4.58. The second-order valence-electron chi connectivity index (χ2n) is 6.31. The van der Waals surface area contributed by atoms with Crippen molar-refractivity contribution in [3.8, 4) is 5.75 Å². The molecule has 1 N–H and O–H groups in total. The maximum Gasteiger partial charge on any atom is 0.125 e. The van der Waals surface area contributed by atoms with E-state index in [1.165, 1.54) is 47.9 Å². The van der Waals surface area contributed by atoms with E-state index >= 15 is 0 Å². The van der Waals surface area contributed by atoms with Crippen molar-refractivity contribution in [2.75, 3.05) is 13.7 Å². The van der Waals surface area contributed by atoms with Crippen LogP contribution in [0, 0.1) is 19.8 Å². The van der Waals surface area contributed by atoms with Gasteiger partial charge < -0.3 is 10.1 Å². The monoisotopic (exact) mass is 275 g/mol. The molecule has 1 aromatic rings. The summed E-state index contributed by atoms with van der Waals surface area (Å²) in [5.74, 6) is 1.85. The van der Waals surface area contributed by atoms with Crippen molar-refractivity contribution in [3.63, 3.8) is 0 Å². The molecule has 2 atom stereocenters. The fourth-order valence-electron chi connectivity index (χ4n) is 3.61. The minimum Gasteiger partial charge on any atom is -0.496 e. The number of nitrogens with one attached hydrogen (secondary N) is 1. The first-order valence-corrected chi connectivity index (χ1v) is 7.98. The number of ether oxygens (including phenoxy) is 1. The average Bonchev–Trinajstić information content (AvgIpc) is 2.56. The van der Waals surface area contributed by atoms with Crippen molar-refractivity contribution < 1.29 is 4.74 Å². The Morgan fingerprint density at radius 3 is 2.75 bits per heavy atom. The van der Waals surface area contributed by atoms with E-state index in [2.05, 4.69) is 39.1 Å². The largest absolute Gasteiger partial charge is 0.496 e. The molecular weight excluding hydrogens is 246 g/mol. The summed E-state index contributed by atoms with van der Waals surface area (Å²) in [5.41, 5.74) is 5.64. The summed E-state index contributed by atoms with van der Waals surface area (Å²) in [6, 6.07) is 2.83. The predicted octanol–water partition coefficient (Wildman–Crippen LogP) is 4.33. The van der Waals surface area contributed by atoms with Gasteiger partial charge in [0.25, 0.3) is 0 Å². The van der Waals surface area contributed by atoms with Crippen molar-refractivity contribution in [1.82, 2.24) is 5.32 Å². The van der Waals surface area contributed by atoms with E-state index < -0.39 is 0 Å². The second kappa shape index (κ2) is 6.62. The zero-order valence-electron chi connectivity index (χ0n) is 13.7. The summed E-state index contributed by atoms with van der Waals surface area (Å²) in [7, 11) is 1.79. The molecule has 0 spiro atoms. The average molecular weight is 275 g/mol. The molecule has 2 rings (SSSR count). The Morgan fingerprint density at radius 1 is 1.35 bits per heavy atom. The summed E-state index contributed by atoms with van der Waals surface area (Å²) >= 11 is 0. The third-order valence-corrected chi connectivity index (χ3v) is 4.58. The van der Waals surface area contributed by atoms with E-state index in [-0.39, 0.29) is 0 Å². The number of benzene rings is 1. The predicted molar refractivity (Wildman–Crippen MR) is 85.6 cm³/mol. The van der Waals surface area contributed by atoms with Gasteiger partial charge >= 0.3 is 0 Å². The molecule has 2 heteroatoms. The SMILES string of the molecule is CCCNC1CC(C)CCc2cc(C)c(OC)c(C)c21. The number of rotatable bonds is 4. The lowest BCUT2D eigenvalue weighted by Gasteiger charge is -2.25. The van der Waals surface area contributed by atoms with Crippen LogP contribution in [0.3, 0.4) is 0 Å². The van der Waals surface area contributed by atoms with Crippen molar-refractivity contribution in [3.05, 3.63) is 28.3 Å². The molecule has 0 bridgehead atoms. The highest BCUT2D eigenvalue weighted by Gasteiger charge is 2.25. The molecule has 112 valence electrons. The third kappa shape index (κ3) is 3.01. The normalized spacial score (nSPS) is 22.2. The summed E-state index contributed by atoms with van der Waals surface area (Å²) in [4.78, 5) is 0. The van der Waals surface area contributed by atoms with Crippen LogP contribution in [-0.2, 0) is 6.42 Å². The van der Waals surface area contributed by atoms with Crippen LogP contribution in [0.1, 0.15) is 61.4 Å². The topological polar surface area (TPSA) is 21.3 Å². The van der Waals surface area contributed by atoms with Gasteiger partial charge in [-0.15, -0.1) is 0 Å². The van der Waals surface area contributed by atoms with Crippen molar-refractivity contribution in [1.29, 1.82) is 0 Å². The number of fused-ring (bicyclic) bond motifs is 1. The lowest BCUT2D eigenvalue weighted by molar-refractivity contribution is 0.396. The Balaban J connectivity index is 2.47. The van der Waals surface area contributed by atoms with Crippen LogP contribution in [0.25, 0.3) is 0 Å². The van der Waals surface area contributed by atoms with Gasteiger partial charge in [-0.05, 0) is 74.2 Å². The molecule has 0 radical (unpaired) electrons. The molecule has 0 heterocycles. The molecule has 0 aliphatic heterocycles. The van der Waals surface area contributed by atoms with Crippen LogP contribution >= 0.6 is 0 Å². The number of methoxy groups -OCH3 is 1. The van der Waals surface area contributed by atoms with E-state index in [1.807, 2.05) is 0 Å².